The minimum absolute atomic E-state index is 0.0340. The Labute approximate surface area is 141 Å². The van der Waals surface area contributed by atoms with Crippen molar-refractivity contribution in [1.29, 1.82) is 0 Å². The van der Waals surface area contributed by atoms with Crippen molar-refractivity contribution in [2.75, 3.05) is 32.7 Å². The Hall–Kier alpha value is -2.41. The minimum Gasteiger partial charge on any atom is -0.481 e. The molecule has 7 heteroatoms. The second-order valence-electron chi connectivity index (χ2n) is 5.79. The molecule has 1 saturated heterocycles. The maximum Gasteiger partial charge on any atom is 0.263 e. The quantitative estimate of drug-likeness (QED) is 0.830. The number of rotatable bonds is 5. The van der Waals surface area contributed by atoms with E-state index in [2.05, 4.69) is 22.0 Å². The van der Waals surface area contributed by atoms with Crippen molar-refractivity contribution >= 4 is 5.91 Å². The van der Waals surface area contributed by atoms with E-state index in [9.17, 15) is 4.79 Å². The predicted octanol–water partition coefficient (Wildman–Crippen LogP) is 1.67. The molecule has 7 nitrogen and oxygen atoms in total. The summed E-state index contributed by atoms with van der Waals surface area (Å²) in [6.45, 7) is 8.33. The summed E-state index contributed by atoms with van der Waals surface area (Å²) in [6, 6.07) is 7.27. The first kappa shape index (κ1) is 16.4. The Morgan fingerprint density at radius 1 is 1.25 bits per heavy atom. The molecular weight excluding hydrogens is 308 g/mol. The predicted molar refractivity (Wildman–Crippen MR) is 88.5 cm³/mol. The number of hydrogen-bond donors (Lipinski definition) is 0. The highest BCUT2D eigenvalue weighted by molar-refractivity contribution is 5.81. The fourth-order valence-electron chi connectivity index (χ4n) is 2.77. The molecule has 0 radical (unpaired) electrons. The van der Waals surface area contributed by atoms with Crippen LogP contribution in [0.4, 0.5) is 0 Å². The summed E-state index contributed by atoms with van der Waals surface area (Å²) in [6.07, 6.45) is 0.783. The number of nitrogens with zero attached hydrogens (tertiary/aromatic N) is 4. The van der Waals surface area contributed by atoms with Crippen LogP contribution < -0.4 is 4.74 Å². The highest BCUT2D eigenvalue weighted by Gasteiger charge is 2.25. The van der Waals surface area contributed by atoms with Crippen molar-refractivity contribution in [1.82, 2.24) is 20.0 Å². The van der Waals surface area contributed by atoms with Gasteiger partial charge in [0.15, 0.2) is 6.10 Å². The summed E-state index contributed by atoms with van der Waals surface area (Å²) in [4.78, 5) is 16.7. The van der Waals surface area contributed by atoms with Crippen LogP contribution in [0, 0.1) is 0 Å². The van der Waals surface area contributed by atoms with E-state index in [1.54, 1.807) is 19.1 Å². The number of hydrogen-bond acceptors (Lipinski definition) is 6. The Morgan fingerprint density at radius 2 is 1.96 bits per heavy atom. The van der Waals surface area contributed by atoms with Gasteiger partial charge < -0.3 is 19.0 Å². The number of carbonyl (C=O) groups is 1. The molecule has 128 valence electrons. The van der Waals surface area contributed by atoms with Crippen molar-refractivity contribution in [3.05, 3.63) is 30.7 Å². The van der Waals surface area contributed by atoms with E-state index >= 15 is 0 Å². The third-order valence-electron chi connectivity index (χ3n) is 4.25. The summed E-state index contributed by atoms with van der Waals surface area (Å²) < 4.78 is 10.9. The number of ether oxygens (including phenoxy) is 1. The molecule has 1 aliphatic rings. The van der Waals surface area contributed by atoms with E-state index < -0.39 is 6.10 Å². The number of carbonyl (C=O) groups excluding carboxylic acids is 1. The molecule has 2 aromatic rings. The van der Waals surface area contributed by atoms with Crippen LogP contribution in [-0.2, 0) is 4.79 Å². The summed E-state index contributed by atoms with van der Waals surface area (Å²) in [5.41, 5.74) is 0.814. The Kier molecular flexibility index (Phi) is 5.10. The molecule has 1 aliphatic heterocycles. The van der Waals surface area contributed by atoms with Crippen molar-refractivity contribution in [2.24, 2.45) is 0 Å². The molecule has 1 amide bonds. The van der Waals surface area contributed by atoms with Gasteiger partial charge in [-0.05, 0) is 37.7 Å². The molecule has 3 rings (SSSR count). The standard InChI is InChI=1S/C17H22N4O3/c1-3-20-8-10-21(11-9-20)17(22)13(2)24-15-6-4-14(5-7-15)16-19-18-12-23-16/h4-7,12-13H,3,8-11H2,1-2H3/t13-/m0/s1. The molecular formula is C17H22N4O3. The molecule has 0 saturated carbocycles. The second-order valence-corrected chi connectivity index (χ2v) is 5.79. The van der Waals surface area contributed by atoms with Gasteiger partial charge >= 0.3 is 0 Å². The van der Waals surface area contributed by atoms with E-state index in [1.807, 2.05) is 17.0 Å². The van der Waals surface area contributed by atoms with E-state index in [-0.39, 0.29) is 5.91 Å². The van der Waals surface area contributed by atoms with Crippen LogP contribution in [0.15, 0.2) is 35.1 Å². The van der Waals surface area contributed by atoms with Crippen LogP contribution in [0.1, 0.15) is 13.8 Å². The van der Waals surface area contributed by atoms with Gasteiger partial charge in [0, 0.05) is 31.7 Å². The van der Waals surface area contributed by atoms with E-state index in [4.69, 9.17) is 9.15 Å². The zero-order valence-electron chi connectivity index (χ0n) is 14.0. The maximum absolute atomic E-state index is 12.5. The van der Waals surface area contributed by atoms with E-state index in [0.717, 1.165) is 38.3 Å². The van der Waals surface area contributed by atoms with Crippen LogP contribution in [0.25, 0.3) is 11.5 Å². The number of piperazine rings is 1. The van der Waals surface area contributed by atoms with Gasteiger partial charge in [0.1, 0.15) is 5.75 Å². The van der Waals surface area contributed by atoms with Crippen LogP contribution in [0.2, 0.25) is 0 Å². The van der Waals surface area contributed by atoms with E-state index in [0.29, 0.717) is 11.6 Å². The minimum atomic E-state index is -0.507. The largest absolute Gasteiger partial charge is 0.481 e. The van der Waals surface area contributed by atoms with Crippen LogP contribution >= 0.6 is 0 Å². The second kappa shape index (κ2) is 7.44. The molecule has 1 aromatic carbocycles. The van der Waals surface area contributed by atoms with Gasteiger partial charge in [0.2, 0.25) is 12.3 Å². The van der Waals surface area contributed by atoms with Gasteiger partial charge in [-0.15, -0.1) is 10.2 Å². The van der Waals surface area contributed by atoms with Crippen molar-refractivity contribution in [2.45, 2.75) is 20.0 Å². The van der Waals surface area contributed by atoms with Crippen LogP contribution in [0.3, 0.4) is 0 Å². The molecule has 0 aliphatic carbocycles. The van der Waals surface area contributed by atoms with Crippen molar-refractivity contribution in [3.63, 3.8) is 0 Å². The molecule has 0 bridgehead atoms. The van der Waals surface area contributed by atoms with E-state index in [1.165, 1.54) is 6.39 Å². The van der Waals surface area contributed by atoms with Crippen LogP contribution in [0.5, 0.6) is 5.75 Å². The van der Waals surface area contributed by atoms with Gasteiger partial charge in [0.05, 0.1) is 0 Å². The lowest BCUT2D eigenvalue weighted by molar-refractivity contribution is -0.139. The first-order valence-corrected chi connectivity index (χ1v) is 8.21. The number of likely N-dealkylation sites (N-methyl/N-ethyl adjacent to an activating group) is 1. The maximum atomic E-state index is 12.5. The average Bonchev–Trinajstić information content (AvgIpc) is 3.16. The third-order valence-corrected chi connectivity index (χ3v) is 4.25. The van der Waals surface area contributed by atoms with Crippen molar-refractivity contribution < 1.29 is 13.9 Å². The summed E-state index contributed by atoms with van der Waals surface area (Å²) in [7, 11) is 0. The van der Waals surface area contributed by atoms with Crippen LogP contribution in [-0.4, -0.2) is 64.7 Å². The van der Waals surface area contributed by atoms with Gasteiger partial charge in [-0.2, -0.15) is 0 Å². The monoisotopic (exact) mass is 330 g/mol. The lowest BCUT2D eigenvalue weighted by Crippen LogP contribution is -2.51. The molecule has 1 atom stereocenters. The summed E-state index contributed by atoms with van der Waals surface area (Å²) in [5.74, 6) is 1.14. The number of aromatic nitrogens is 2. The first-order valence-electron chi connectivity index (χ1n) is 8.21. The fraction of sp³-hybridized carbons (Fsp3) is 0.471. The SMILES string of the molecule is CCN1CCN(C(=O)[C@H](C)Oc2ccc(-c3nnco3)cc2)CC1. The molecule has 2 heterocycles. The van der Waals surface area contributed by atoms with Gasteiger partial charge in [-0.1, -0.05) is 6.92 Å². The van der Waals surface area contributed by atoms with Gasteiger partial charge in [-0.3, -0.25) is 4.79 Å². The normalized spacial score (nSPS) is 16.8. The lowest BCUT2D eigenvalue weighted by Gasteiger charge is -2.35. The van der Waals surface area contributed by atoms with Gasteiger partial charge in [-0.25, -0.2) is 0 Å². The van der Waals surface area contributed by atoms with Gasteiger partial charge in [0.25, 0.3) is 5.91 Å². The summed E-state index contributed by atoms with van der Waals surface area (Å²) in [5, 5.41) is 7.51. The third kappa shape index (κ3) is 3.73. The highest BCUT2D eigenvalue weighted by Crippen LogP contribution is 2.21. The summed E-state index contributed by atoms with van der Waals surface area (Å²) >= 11 is 0. The Morgan fingerprint density at radius 3 is 2.54 bits per heavy atom. The average molecular weight is 330 g/mol. The molecule has 0 unspecified atom stereocenters. The smallest absolute Gasteiger partial charge is 0.263 e. The zero-order chi connectivity index (χ0) is 16.9. The lowest BCUT2D eigenvalue weighted by atomic mass is 10.2. The molecule has 0 N–H and O–H groups in total. The highest BCUT2D eigenvalue weighted by atomic mass is 16.5. The molecule has 24 heavy (non-hydrogen) atoms. The number of amides is 1. The molecule has 0 spiro atoms. The molecule has 1 fully saturated rings. The Bertz CT molecular complexity index is 649. The first-order chi connectivity index (χ1) is 11.7. The Balaban J connectivity index is 1.56. The zero-order valence-corrected chi connectivity index (χ0v) is 14.0. The fourth-order valence-corrected chi connectivity index (χ4v) is 2.77. The number of benzene rings is 1. The topological polar surface area (TPSA) is 71.7 Å². The molecule has 1 aromatic heterocycles. The van der Waals surface area contributed by atoms with Crippen molar-refractivity contribution in [3.8, 4) is 17.2 Å².